The Morgan fingerprint density at radius 2 is 1.67 bits per heavy atom. The number of carbonyl (C=O) groups is 2. The van der Waals surface area contributed by atoms with Crippen LogP contribution < -0.4 is 0 Å². The van der Waals surface area contributed by atoms with Crippen LogP contribution in [-0.2, 0) is 16.1 Å². The van der Waals surface area contributed by atoms with Gasteiger partial charge in [0.1, 0.15) is 0 Å². The van der Waals surface area contributed by atoms with Crippen molar-refractivity contribution in [1.82, 2.24) is 19.7 Å². The van der Waals surface area contributed by atoms with Gasteiger partial charge in [0.15, 0.2) is 0 Å². The second kappa shape index (κ2) is 6.90. The van der Waals surface area contributed by atoms with E-state index in [1.165, 1.54) is 28.4 Å². The molecule has 2 saturated heterocycles. The summed E-state index contributed by atoms with van der Waals surface area (Å²) in [6.07, 6.45) is 3.41. The topological polar surface area (TPSA) is 56.8 Å². The zero-order valence-electron chi connectivity index (χ0n) is 13.9. The SMILES string of the molecule is O=C1CCC(=O)N1CCN1CCN(Cc2csc(C3CC3)n2)CC1. The molecule has 1 aromatic heterocycles. The Morgan fingerprint density at radius 3 is 2.33 bits per heavy atom. The molecule has 3 fully saturated rings. The average molecular weight is 348 g/mol. The molecule has 0 aromatic carbocycles. The van der Waals surface area contributed by atoms with Gasteiger partial charge in [-0.2, -0.15) is 0 Å². The Morgan fingerprint density at radius 1 is 1.00 bits per heavy atom. The highest BCUT2D eigenvalue weighted by molar-refractivity contribution is 7.09. The molecule has 0 unspecified atom stereocenters. The standard InChI is InChI=1S/C17H24N4O2S/c22-15-3-4-16(23)21(15)10-9-19-5-7-20(8-6-19)11-14-12-24-17(18-14)13-1-2-13/h12-13H,1-11H2. The predicted molar refractivity (Wildman–Crippen MR) is 91.8 cm³/mol. The molecule has 4 rings (SSSR count). The first-order valence-electron chi connectivity index (χ1n) is 8.91. The summed E-state index contributed by atoms with van der Waals surface area (Å²) >= 11 is 1.81. The van der Waals surface area contributed by atoms with Gasteiger partial charge in [0, 0.05) is 70.0 Å². The fraction of sp³-hybridized carbons (Fsp3) is 0.706. The zero-order chi connectivity index (χ0) is 16.5. The minimum absolute atomic E-state index is 0.00589. The molecule has 0 bridgehead atoms. The van der Waals surface area contributed by atoms with Crippen LogP contribution in [-0.4, -0.2) is 70.8 Å². The van der Waals surface area contributed by atoms with Crippen molar-refractivity contribution in [2.24, 2.45) is 0 Å². The summed E-state index contributed by atoms with van der Waals surface area (Å²) in [7, 11) is 0. The van der Waals surface area contributed by atoms with Gasteiger partial charge in [0.2, 0.25) is 11.8 Å². The molecule has 24 heavy (non-hydrogen) atoms. The largest absolute Gasteiger partial charge is 0.299 e. The van der Waals surface area contributed by atoms with E-state index in [0.29, 0.717) is 19.4 Å². The van der Waals surface area contributed by atoms with E-state index in [1.807, 2.05) is 11.3 Å². The van der Waals surface area contributed by atoms with E-state index in [1.54, 1.807) is 0 Å². The van der Waals surface area contributed by atoms with E-state index < -0.39 is 0 Å². The molecule has 2 aliphatic heterocycles. The second-order valence-electron chi connectivity index (χ2n) is 7.01. The van der Waals surface area contributed by atoms with Crippen LogP contribution in [0.5, 0.6) is 0 Å². The van der Waals surface area contributed by atoms with Crippen LogP contribution in [0.4, 0.5) is 0 Å². The number of thiazole rings is 1. The molecule has 7 heteroatoms. The number of carbonyl (C=O) groups excluding carboxylic acids is 2. The Hall–Kier alpha value is -1.31. The highest BCUT2D eigenvalue weighted by Crippen LogP contribution is 2.41. The van der Waals surface area contributed by atoms with E-state index in [2.05, 4.69) is 15.2 Å². The van der Waals surface area contributed by atoms with E-state index >= 15 is 0 Å². The molecule has 0 atom stereocenters. The number of likely N-dealkylation sites (tertiary alicyclic amines) is 1. The van der Waals surface area contributed by atoms with E-state index in [4.69, 9.17) is 4.98 Å². The number of imide groups is 1. The molecule has 6 nitrogen and oxygen atoms in total. The van der Waals surface area contributed by atoms with Gasteiger partial charge in [-0.3, -0.25) is 24.3 Å². The van der Waals surface area contributed by atoms with Crippen molar-refractivity contribution in [3.63, 3.8) is 0 Å². The summed E-state index contributed by atoms with van der Waals surface area (Å²) in [5.41, 5.74) is 1.21. The van der Waals surface area contributed by atoms with Crippen LogP contribution in [0.15, 0.2) is 5.38 Å². The monoisotopic (exact) mass is 348 g/mol. The maximum absolute atomic E-state index is 11.6. The summed E-state index contributed by atoms with van der Waals surface area (Å²) in [5, 5.41) is 3.54. The third-order valence-corrected chi connectivity index (χ3v) is 6.20. The van der Waals surface area contributed by atoms with Crippen molar-refractivity contribution in [2.75, 3.05) is 39.3 Å². The Labute approximate surface area is 146 Å². The summed E-state index contributed by atoms with van der Waals surface area (Å²) in [6.45, 7) is 6.34. The molecule has 1 aliphatic carbocycles. The third-order valence-electron chi connectivity index (χ3n) is 5.14. The molecule has 1 saturated carbocycles. The molecule has 0 radical (unpaired) electrons. The quantitative estimate of drug-likeness (QED) is 0.725. The number of hydrogen-bond donors (Lipinski definition) is 0. The summed E-state index contributed by atoms with van der Waals surface area (Å²) in [4.78, 5) is 34.3. The van der Waals surface area contributed by atoms with Crippen LogP contribution in [0, 0.1) is 0 Å². The second-order valence-corrected chi connectivity index (χ2v) is 7.90. The number of amides is 2. The minimum Gasteiger partial charge on any atom is -0.299 e. The molecular formula is C17H24N4O2S. The van der Waals surface area contributed by atoms with Gasteiger partial charge in [-0.05, 0) is 12.8 Å². The zero-order valence-corrected chi connectivity index (χ0v) is 14.8. The summed E-state index contributed by atoms with van der Waals surface area (Å²) < 4.78 is 0. The van der Waals surface area contributed by atoms with E-state index in [9.17, 15) is 9.59 Å². The lowest BCUT2D eigenvalue weighted by Crippen LogP contribution is -2.48. The Balaban J connectivity index is 1.20. The average Bonchev–Trinajstić information content (AvgIpc) is 3.26. The highest BCUT2D eigenvalue weighted by atomic mass is 32.1. The number of nitrogens with zero attached hydrogens (tertiary/aromatic N) is 4. The van der Waals surface area contributed by atoms with Crippen molar-refractivity contribution < 1.29 is 9.59 Å². The van der Waals surface area contributed by atoms with E-state index in [0.717, 1.165) is 45.2 Å². The normalized spacial score (nSPS) is 23.4. The molecule has 1 aromatic rings. The molecule has 2 amide bonds. The van der Waals surface area contributed by atoms with Crippen LogP contribution in [0.25, 0.3) is 0 Å². The van der Waals surface area contributed by atoms with Gasteiger partial charge < -0.3 is 0 Å². The van der Waals surface area contributed by atoms with Gasteiger partial charge in [-0.25, -0.2) is 4.98 Å². The maximum Gasteiger partial charge on any atom is 0.229 e. The van der Waals surface area contributed by atoms with Crippen molar-refractivity contribution in [2.45, 2.75) is 38.1 Å². The van der Waals surface area contributed by atoms with Gasteiger partial charge in [0.05, 0.1) is 10.7 Å². The highest BCUT2D eigenvalue weighted by Gasteiger charge is 2.29. The first-order chi connectivity index (χ1) is 11.7. The van der Waals surface area contributed by atoms with Crippen LogP contribution in [0.3, 0.4) is 0 Å². The lowest BCUT2D eigenvalue weighted by molar-refractivity contribution is -0.138. The number of piperazine rings is 1. The lowest BCUT2D eigenvalue weighted by atomic mass is 10.3. The fourth-order valence-electron chi connectivity index (χ4n) is 3.43. The molecule has 0 N–H and O–H groups in total. The summed E-state index contributed by atoms with van der Waals surface area (Å²) in [5.74, 6) is 0.735. The molecule has 130 valence electrons. The van der Waals surface area contributed by atoms with Crippen LogP contribution in [0.1, 0.15) is 42.3 Å². The van der Waals surface area contributed by atoms with Gasteiger partial charge in [-0.15, -0.1) is 11.3 Å². The van der Waals surface area contributed by atoms with Crippen molar-refractivity contribution >= 4 is 23.2 Å². The van der Waals surface area contributed by atoms with Crippen molar-refractivity contribution in [1.29, 1.82) is 0 Å². The number of aromatic nitrogens is 1. The lowest BCUT2D eigenvalue weighted by Gasteiger charge is -2.34. The van der Waals surface area contributed by atoms with Crippen molar-refractivity contribution in [3.05, 3.63) is 16.1 Å². The number of hydrogen-bond acceptors (Lipinski definition) is 6. The third kappa shape index (κ3) is 3.68. The van der Waals surface area contributed by atoms with Crippen molar-refractivity contribution in [3.8, 4) is 0 Å². The van der Waals surface area contributed by atoms with Crippen LogP contribution in [0.2, 0.25) is 0 Å². The molecule has 3 heterocycles. The molecule has 3 aliphatic rings. The smallest absolute Gasteiger partial charge is 0.229 e. The van der Waals surface area contributed by atoms with E-state index in [-0.39, 0.29) is 11.8 Å². The summed E-state index contributed by atoms with van der Waals surface area (Å²) in [6, 6.07) is 0. The molecule has 0 spiro atoms. The minimum atomic E-state index is -0.00589. The van der Waals surface area contributed by atoms with Gasteiger partial charge in [-0.1, -0.05) is 0 Å². The predicted octanol–water partition coefficient (Wildman–Crippen LogP) is 1.29. The fourth-order valence-corrected chi connectivity index (χ4v) is 4.41. The molecular weight excluding hydrogens is 324 g/mol. The first kappa shape index (κ1) is 16.2. The van der Waals surface area contributed by atoms with Crippen LogP contribution >= 0.6 is 11.3 Å². The maximum atomic E-state index is 11.6. The first-order valence-corrected chi connectivity index (χ1v) is 9.79. The van der Waals surface area contributed by atoms with Gasteiger partial charge in [0.25, 0.3) is 0 Å². The Bertz CT molecular complexity index is 604. The number of rotatable bonds is 6. The van der Waals surface area contributed by atoms with Gasteiger partial charge >= 0.3 is 0 Å². The Kier molecular flexibility index (Phi) is 4.65.